The van der Waals surface area contributed by atoms with E-state index in [1.54, 1.807) is 6.07 Å². The summed E-state index contributed by atoms with van der Waals surface area (Å²) in [6.45, 7) is 3.59. The van der Waals surface area contributed by atoms with Gasteiger partial charge in [-0.05, 0) is 42.6 Å². The van der Waals surface area contributed by atoms with Gasteiger partial charge in [-0.3, -0.25) is 0 Å². The Labute approximate surface area is 106 Å². The summed E-state index contributed by atoms with van der Waals surface area (Å²) in [4.78, 5) is 0. The second-order valence-electron chi connectivity index (χ2n) is 4.91. The largest absolute Gasteiger partial charge is 0.389 e. The van der Waals surface area contributed by atoms with Crippen LogP contribution in [0.25, 0.3) is 0 Å². The van der Waals surface area contributed by atoms with Crippen LogP contribution in [0.4, 0.5) is 4.39 Å². The van der Waals surface area contributed by atoms with Gasteiger partial charge in [0.25, 0.3) is 0 Å². The maximum atomic E-state index is 13.2. The molecule has 0 spiro atoms. The number of hydrogen-bond donors (Lipinski definition) is 2. The van der Waals surface area contributed by atoms with Gasteiger partial charge < -0.3 is 10.4 Å². The molecule has 4 heteroatoms. The Kier molecular flexibility index (Phi) is 3.71. The molecule has 0 aliphatic carbocycles. The van der Waals surface area contributed by atoms with E-state index in [2.05, 4.69) is 5.32 Å². The van der Waals surface area contributed by atoms with Crippen molar-refractivity contribution >= 4 is 11.6 Å². The van der Waals surface area contributed by atoms with Crippen molar-refractivity contribution in [1.82, 2.24) is 5.32 Å². The number of hydrogen-bond acceptors (Lipinski definition) is 2. The van der Waals surface area contributed by atoms with E-state index in [-0.39, 0.29) is 11.7 Å². The molecule has 2 rings (SSSR count). The predicted octanol–water partition coefficient (Wildman–Crippen LogP) is 2.38. The van der Waals surface area contributed by atoms with Gasteiger partial charge in [0.2, 0.25) is 0 Å². The average Bonchev–Trinajstić information content (AvgIpc) is 2.21. The number of benzene rings is 1. The molecule has 94 valence electrons. The molecule has 0 saturated carbocycles. The summed E-state index contributed by atoms with van der Waals surface area (Å²) in [6.07, 6.45) is 1.13. The fourth-order valence-electron chi connectivity index (χ4n) is 2.39. The first-order valence-corrected chi connectivity index (χ1v) is 6.25. The molecule has 1 heterocycles. The molecule has 1 aliphatic rings. The Morgan fingerprint density at radius 2 is 2.29 bits per heavy atom. The van der Waals surface area contributed by atoms with Gasteiger partial charge >= 0.3 is 0 Å². The third-order valence-electron chi connectivity index (χ3n) is 3.54. The maximum Gasteiger partial charge on any atom is 0.124 e. The third-order valence-corrected chi connectivity index (χ3v) is 3.75. The normalized spacial score (nSPS) is 29.3. The molecule has 0 aromatic heterocycles. The van der Waals surface area contributed by atoms with Gasteiger partial charge in [0.1, 0.15) is 5.82 Å². The Morgan fingerprint density at radius 3 is 2.94 bits per heavy atom. The van der Waals surface area contributed by atoms with Crippen molar-refractivity contribution in [3.05, 3.63) is 34.6 Å². The van der Waals surface area contributed by atoms with Crippen molar-refractivity contribution in [2.24, 2.45) is 5.92 Å². The number of piperidine rings is 1. The van der Waals surface area contributed by atoms with Crippen LogP contribution in [-0.2, 0) is 6.42 Å². The van der Waals surface area contributed by atoms with E-state index in [0.29, 0.717) is 17.9 Å². The number of rotatable bonds is 2. The summed E-state index contributed by atoms with van der Waals surface area (Å²) in [6, 6.07) is 4.44. The van der Waals surface area contributed by atoms with Crippen molar-refractivity contribution in [3.8, 4) is 0 Å². The molecule has 0 radical (unpaired) electrons. The first kappa shape index (κ1) is 12.8. The van der Waals surface area contributed by atoms with Crippen molar-refractivity contribution in [2.45, 2.75) is 25.4 Å². The van der Waals surface area contributed by atoms with Crippen LogP contribution in [0.1, 0.15) is 18.9 Å². The Morgan fingerprint density at radius 1 is 1.53 bits per heavy atom. The van der Waals surface area contributed by atoms with Gasteiger partial charge in [0.15, 0.2) is 0 Å². The third kappa shape index (κ3) is 2.97. The molecule has 1 aromatic rings. The Bertz CT molecular complexity index is 392. The molecule has 2 nitrogen and oxygen atoms in total. The number of aliphatic hydroxyl groups is 1. The van der Waals surface area contributed by atoms with E-state index >= 15 is 0 Å². The summed E-state index contributed by atoms with van der Waals surface area (Å²) in [5, 5.41) is 14.2. The van der Waals surface area contributed by atoms with E-state index < -0.39 is 5.60 Å². The van der Waals surface area contributed by atoms with Crippen LogP contribution in [0.15, 0.2) is 18.2 Å². The van der Waals surface area contributed by atoms with E-state index in [1.807, 2.05) is 6.92 Å². The monoisotopic (exact) mass is 257 g/mol. The average molecular weight is 258 g/mol. The summed E-state index contributed by atoms with van der Waals surface area (Å²) in [7, 11) is 0. The topological polar surface area (TPSA) is 32.3 Å². The molecular weight excluding hydrogens is 241 g/mol. The molecule has 1 aliphatic heterocycles. The van der Waals surface area contributed by atoms with Crippen molar-refractivity contribution in [3.63, 3.8) is 0 Å². The summed E-state index contributed by atoms with van der Waals surface area (Å²) in [5.74, 6) is -0.198. The van der Waals surface area contributed by atoms with Gasteiger partial charge in [-0.1, -0.05) is 18.5 Å². The van der Waals surface area contributed by atoms with Crippen LogP contribution in [0, 0.1) is 11.7 Å². The highest BCUT2D eigenvalue weighted by Gasteiger charge is 2.36. The highest BCUT2D eigenvalue weighted by molar-refractivity contribution is 6.30. The highest BCUT2D eigenvalue weighted by atomic mass is 35.5. The van der Waals surface area contributed by atoms with Crippen LogP contribution in [0.5, 0.6) is 0 Å². The molecule has 1 saturated heterocycles. The van der Waals surface area contributed by atoms with Gasteiger partial charge in [0.05, 0.1) is 5.60 Å². The van der Waals surface area contributed by atoms with Gasteiger partial charge in [0, 0.05) is 18.0 Å². The predicted molar refractivity (Wildman–Crippen MR) is 66.7 cm³/mol. The molecule has 2 N–H and O–H groups in total. The first-order chi connectivity index (χ1) is 7.99. The van der Waals surface area contributed by atoms with Crippen LogP contribution in [-0.4, -0.2) is 23.8 Å². The summed E-state index contributed by atoms with van der Waals surface area (Å²) >= 11 is 5.82. The molecule has 17 heavy (non-hydrogen) atoms. The zero-order valence-corrected chi connectivity index (χ0v) is 10.6. The summed E-state index contributed by atoms with van der Waals surface area (Å²) in [5.41, 5.74) is -0.00575. The minimum Gasteiger partial charge on any atom is -0.389 e. The molecule has 1 fully saturated rings. The lowest BCUT2D eigenvalue weighted by Crippen LogP contribution is -2.50. The van der Waals surface area contributed by atoms with Crippen molar-refractivity contribution in [1.29, 1.82) is 0 Å². The van der Waals surface area contributed by atoms with Crippen LogP contribution in [0.3, 0.4) is 0 Å². The fourth-order valence-corrected chi connectivity index (χ4v) is 2.63. The van der Waals surface area contributed by atoms with Crippen molar-refractivity contribution in [2.75, 3.05) is 13.1 Å². The van der Waals surface area contributed by atoms with Crippen LogP contribution < -0.4 is 5.32 Å². The summed E-state index contributed by atoms with van der Waals surface area (Å²) < 4.78 is 13.2. The lowest BCUT2D eigenvalue weighted by molar-refractivity contribution is -0.0329. The minimum absolute atomic E-state index is 0.151. The fraction of sp³-hybridized carbons (Fsp3) is 0.538. The molecular formula is C13H17ClFNO. The number of nitrogens with one attached hydrogen (secondary N) is 1. The molecule has 2 unspecified atom stereocenters. The van der Waals surface area contributed by atoms with E-state index in [0.717, 1.165) is 18.7 Å². The smallest absolute Gasteiger partial charge is 0.124 e. The van der Waals surface area contributed by atoms with Crippen molar-refractivity contribution < 1.29 is 9.50 Å². The van der Waals surface area contributed by atoms with Gasteiger partial charge in [-0.2, -0.15) is 0 Å². The minimum atomic E-state index is -0.762. The zero-order chi connectivity index (χ0) is 12.5. The van der Waals surface area contributed by atoms with Crippen LogP contribution in [0.2, 0.25) is 5.02 Å². The van der Waals surface area contributed by atoms with Gasteiger partial charge in [-0.15, -0.1) is 0 Å². The first-order valence-electron chi connectivity index (χ1n) is 5.88. The zero-order valence-electron chi connectivity index (χ0n) is 9.84. The lowest BCUT2D eigenvalue weighted by atomic mass is 9.78. The maximum absolute atomic E-state index is 13.2. The van der Waals surface area contributed by atoms with E-state index in [9.17, 15) is 9.50 Å². The van der Waals surface area contributed by atoms with E-state index in [4.69, 9.17) is 11.6 Å². The lowest BCUT2D eigenvalue weighted by Gasteiger charge is -2.38. The molecule has 0 amide bonds. The van der Waals surface area contributed by atoms with E-state index in [1.165, 1.54) is 12.1 Å². The second-order valence-corrected chi connectivity index (χ2v) is 5.35. The Balaban J connectivity index is 2.18. The molecule has 1 aromatic carbocycles. The number of halogens is 2. The molecule has 0 bridgehead atoms. The second kappa shape index (κ2) is 4.92. The SMILES string of the molecule is CC1CNCCC1(O)Cc1cc(F)cc(Cl)c1. The highest BCUT2D eigenvalue weighted by Crippen LogP contribution is 2.29. The van der Waals surface area contributed by atoms with Crippen LogP contribution >= 0.6 is 11.6 Å². The Hall–Kier alpha value is -0.640. The molecule has 2 atom stereocenters. The quantitative estimate of drug-likeness (QED) is 0.853. The van der Waals surface area contributed by atoms with Gasteiger partial charge in [-0.25, -0.2) is 4.39 Å². The standard InChI is InChI=1S/C13H17ClFNO/c1-9-8-16-3-2-13(9,17)7-10-4-11(14)6-12(15)5-10/h4-6,9,16-17H,2-3,7-8H2,1H3.